The van der Waals surface area contributed by atoms with Crippen molar-refractivity contribution >= 4 is 45.5 Å². The Labute approximate surface area is 176 Å². The van der Waals surface area contributed by atoms with Crippen LogP contribution in [0.2, 0.25) is 0 Å². The van der Waals surface area contributed by atoms with Crippen LogP contribution in [0.25, 0.3) is 5.69 Å². The molecule has 9 heteroatoms. The summed E-state index contributed by atoms with van der Waals surface area (Å²) in [6, 6.07) is 19.5. The molecule has 0 saturated carbocycles. The first-order chi connectivity index (χ1) is 14.2. The van der Waals surface area contributed by atoms with Crippen LogP contribution >= 0.6 is 23.1 Å². The minimum atomic E-state index is -0.105. The second-order valence-electron chi connectivity index (χ2n) is 6.14. The maximum absolute atomic E-state index is 11.2. The molecule has 2 heterocycles. The van der Waals surface area contributed by atoms with Gasteiger partial charge in [0.1, 0.15) is 0 Å². The molecule has 0 radical (unpaired) electrons. The number of aromatic nitrogens is 4. The standard InChI is InChI=1S/C20H18N6OS2/c1-14(27)21-15-6-5-7-16(12-15)22-19-23-24-20(29-19)28-13-17-10-11-26(25-17)18-8-3-2-4-9-18/h2-12H,13H2,1H3,(H,21,27)(H,22,23). The molecule has 1 amide bonds. The van der Waals surface area contributed by atoms with Crippen molar-refractivity contribution in [2.24, 2.45) is 0 Å². The van der Waals surface area contributed by atoms with Crippen LogP contribution in [0.4, 0.5) is 16.5 Å². The van der Waals surface area contributed by atoms with Gasteiger partial charge >= 0.3 is 0 Å². The summed E-state index contributed by atoms with van der Waals surface area (Å²) >= 11 is 3.07. The van der Waals surface area contributed by atoms with Crippen molar-refractivity contribution in [2.45, 2.75) is 17.0 Å². The third-order valence-electron chi connectivity index (χ3n) is 3.85. The highest BCUT2D eigenvalue weighted by Gasteiger charge is 2.08. The lowest BCUT2D eigenvalue weighted by atomic mass is 10.3. The Morgan fingerprint density at radius 1 is 1.07 bits per heavy atom. The number of hydrogen-bond acceptors (Lipinski definition) is 7. The maximum Gasteiger partial charge on any atom is 0.221 e. The van der Waals surface area contributed by atoms with E-state index < -0.39 is 0 Å². The zero-order valence-corrected chi connectivity index (χ0v) is 17.2. The zero-order valence-electron chi connectivity index (χ0n) is 15.6. The molecule has 0 fully saturated rings. The number of rotatable bonds is 7. The molecule has 2 aromatic heterocycles. The van der Waals surface area contributed by atoms with Crippen LogP contribution in [-0.2, 0) is 10.5 Å². The summed E-state index contributed by atoms with van der Waals surface area (Å²) in [6.45, 7) is 1.48. The topological polar surface area (TPSA) is 84.7 Å². The number of nitrogens with zero attached hydrogens (tertiary/aromatic N) is 4. The van der Waals surface area contributed by atoms with Crippen molar-refractivity contribution in [1.82, 2.24) is 20.0 Å². The van der Waals surface area contributed by atoms with E-state index in [1.165, 1.54) is 18.3 Å². The molecule has 0 aliphatic rings. The van der Waals surface area contributed by atoms with Crippen molar-refractivity contribution in [2.75, 3.05) is 10.6 Å². The molecule has 0 saturated heterocycles. The summed E-state index contributed by atoms with van der Waals surface area (Å²) in [5.41, 5.74) is 3.58. The molecule has 0 spiro atoms. The summed E-state index contributed by atoms with van der Waals surface area (Å²) in [5, 5.41) is 19.7. The van der Waals surface area contributed by atoms with Gasteiger partial charge in [0.15, 0.2) is 4.34 Å². The zero-order chi connectivity index (χ0) is 20.1. The lowest BCUT2D eigenvalue weighted by molar-refractivity contribution is -0.114. The number of para-hydroxylation sites is 1. The summed E-state index contributed by atoms with van der Waals surface area (Å²) < 4.78 is 2.73. The van der Waals surface area contributed by atoms with Crippen LogP contribution in [-0.4, -0.2) is 25.9 Å². The molecular weight excluding hydrogens is 404 g/mol. The first kappa shape index (κ1) is 19.2. The number of carbonyl (C=O) groups excluding carboxylic acids is 1. The maximum atomic E-state index is 11.2. The van der Waals surface area contributed by atoms with Gasteiger partial charge in [-0.3, -0.25) is 4.79 Å². The van der Waals surface area contributed by atoms with Gasteiger partial charge in [-0.15, -0.1) is 10.2 Å². The second kappa shape index (κ2) is 8.89. The predicted molar refractivity (Wildman–Crippen MR) is 117 cm³/mol. The van der Waals surface area contributed by atoms with Gasteiger partial charge in [0.25, 0.3) is 0 Å². The quantitative estimate of drug-likeness (QED) is 0.419. The Kier molecular flexibility index (Phi) is 5.87. The van der Waals surface area contributed by atoms with E-state index in [-0.39, 0.29) is 5.91 Å². The van der Waals surface area contributed by atoms with E-state index >= 15 is 0 Å². The highest BCUT2D eigenvalue weighted by molar-refractivity contribution is 8.00. The molecule has 0 atom stereocenters. The van der Waals surface area contributed by atoms with Crippen LogP contribution < -0.4 is 10.6 Å². The first-order valence-electron chi connectivity index (χ1n) is 8.87. The summed E-state index contributed by atoms with van der Waals surface area (Å²) in [4.78, 5) is 11.2. The molecule has 146 valence electrons. The number of nitrogens with one attached hydrogen (secondary N) is 2. The fourth-order valence-electron chi connectivity index (χ4n) is 2.62. The highest BCUT2D eigenvalue weighted by Crippen LogP contribution is 2.30. The number of amides is 1. The van der Waals surface area contributed by atoms with Gasteiger partial charge in [0, 0.05) is 30.2 Å². The first-order valence-corrected chi connectivity index (χ1v) is 10.7. The van der Waals surface area contributed by atoms with Crippen LogP contribution in [0, 0.1) is 0 Å². The van der Waals surface area contributed by atoms with Gasteiger partial charge in [-0.05, 0) is 36.4 Å². The molecule has 2 aromatic carbocycles. The molecule has 0 aliphatic heterocycles. The van der Waals surface area contributed by atoms with E-state index in [0.717, 1.165) is 27.1 Å². The van der Waals surface area contributed by atoms with Gasteiger partial charge in [-0.1, -0.05) is 47.4 Å². The van der Waals surface area contributed by atoms with E-state index in [9.17, 15) is 4.79 Å². The third-order valence-corrected chi connectivity index (χ3v) is 5.85. The van der Waals surface area contributed by atoms with Crippen molar-refractivity contribution < 1.29 is 4.79 Å². The molecule has 4 aromatic rings. The van der Waals surface area contributed by atoms with Gasteiger partial charge in [0.2, 0.25) is 11.0 Å². The van der Waals surface area contributed by atoms with E-state index in [2.05, 4.69) is 25.9 Å². The SMILES string of the molecule is CC(=O)Nc1cccc(Nc2nnc(SCc3ccn(-c4ccccc4)n3)s2)c1. The van der Waals surface area contributed by atoms with Gasteiger partial charge in [-0.25, -0.2) is 4.68 Å². The third kappa shape index (κ3) is 5.21. The Balaban J connectivity index is 1.35. The minimum Gasteiger partial charge on any atom is -0.330 e. The lowest BCUT2D eigenvalue weighted by Gasteiger charge is -2.05. The molecule has 4 rings (SSSR count). The number of anilines is 3. The number of thioether (sulfide) groups is 1. The molecule has 0 aliphatic carbocycles. The van der Waals surface area contributed by atoms with Crippen molar-refractivity contribution in [3.8, 4) is 5.69 Å². The smallest absolute Gasteiger partial charge is 0.221 e. The van der Waals surface area contributed by atoms with Crippen LogP contribution in [0.3, 0.4) is 0 Å². The average molecular weight is 423 g/mol. The fourth-order valence-corrected chi connectivity index (χ4v) is 4.29. The van der Waals surface area contributed by atoms with E-state index in [1.54, 1.807) is 11.8 Å². The number of benzene rings is 2. The Morgan fingerprint density at radius 2 is 1.90 bits per heavy atom. The van der Waals surface area contributed by atoms with Crippen LogP contribution in [0.15, 0.2) is 71.2 Å². The fraction of sp³-hybridized carbons (Fsp3) is 0.100. The van der Waals surface area contributed by atoms with Gasteiger partial charge in [0.05, 0.1) is 11.4 Å². The molecule has 7 nitrogen and oxygen atoms in total. The largest absolute Gasteiger partial charge is 0.330 e. The summed E-state index contributed by atoms with van der Waals surface area (Å²) in [7, 11) is 0. The lowest BCUT2D eigenvalue weighted by Crippen LogP contribution is -2.05. The molecular formula is C20H18N6OS2. The van der Waals surface area contributed by atoms with Gasteiger partial charge in [-0.2, -0.15) is 5.10 Å². The summed E-state index contributed by atoms with van der Waals surface area (Å²) in [6.07, 6.45) is 1.96. The predicted octanol–water partition coefficient (Wildman–Crippen LogP) is 4.72. The Bertz CT molecular complexity index is 1110. The average Bonchev–Trinajstić information content (AvgIpc) is 3.36. The molecule has 2 N–H and O–H groups in total. The highest BCUT2D eigenvalue weighted by atomic mass is 32.2. The Hall–Kier alpha value is -3.17. The normalized spacial score (nSPS) is 10.7. The molecule has 0 unspecified atom stereocenters. The number of hydrogen-bond donors (Lipinski definition) is 2. The van der Waals surface area contributed by atoms with Crippen LogP contribution in [0.5, 0.6) is 0 Å². The van der Waals surface area contributed by atoms with E-state index in [0.29, 0.717) is 10.9 Å². The molecule has 29 heavy (non-hydrogen) atoms. The number of carbonyl (C=O) groups is 1. The monoisotopic (exact) mass is 422 g/mol. The van der Waals surface area contributed by atoms with Crippen molar-refractivity contribution in [1.29, 1.82) is 0 Å². The van der Waals surface area contributed by atoms with Gasteiger partial charge < -0.3 is 10.6 Å². The second-order valence-corrected chi connectivity index (χ2v) is 8.34. The summed E-state index contributed by atoms with van der Waals surface area (Å²) in [5.74, 6) is 0.610. The van der Waals surface area contributed by atoms with Crippen molar-refractivity contribution in [3.05, 3.63) is 72.6 Å². The van der Waals surface area contributed by atoms with Crippen molar-refractivity contribution in [3.63, 3.8) is 0 Å². The Morgan fingerprint density at radius 3 is 2.72 bits per heavy atom. The van der Waals surface area contributed by atoms with Crippen LogP contribution in [0.1, 0.15) is 12.6 Å². The van der Waals surface area contributed by atoms with E-state index in [4.69, 9.17) is 0 Å². The molecule has 0 bridgehead atoms. The van der Waals surface area contributed by atoms with E-state index in [1.807, 2.05) is 71.5 Å². The minimum absolute atomic E-state index is 0.105.